The van der Waals surface area contributed by atoms with Crippen molar-refractivity contribution in [1.29, 1.82) is 0 Å². The SMILES string of the molecule is COc1ccc(C(=O)NCC(Cl)C(C)C)cc1. The van der Waals surface area contributed by atoms with Crippen LogP contribution in [0.4, 0.5) is 0 Å². The molecule has 94 valence electrons. The van der Waals surface area contributed by atoms with E-state index in [9.17, 15) is 4.79 Å². The molecule has 1 aromatic rings. The number of hydrogen-bond donors (Lipinski definition) is 1. The highest BCUT2D eigenvalue weighted by Gasteiger charge is 2.12. The Kier molecular flexibility index (Phi) is 5.29. The van der Waals surface area contributed by atoms with Crippen molar-refractivity contribution < 1.29 is 9.53 Å². The van der Waals surface area contributed by atoms with Gasteiger partial charge < -0.3 is 10.1 Å². The molecule has 0 aliphatic rings. The zero-order chi connectivity index (χ0) is 12.8. The molecule has 0 aliphatic heterocycles. The van der Waals surface area contributed by atoms with Gasteiger partial charge >= 0.3 is 0 Å². The fourth-order valence-corrected chi connectivity index (χ4v) is 1.35. The van der Waals surface area contributed by atoms with Crippen LogP contribution in [0.15, 0.2) is 24.3 Å². The lowest BCUT2D eigenvalue weighted by Gasteiger charge is -2.14. The number of hydrogen-bond acceptors (Lipinski definition) is 2. The van der Waals surface area contributed by atoms with E-state index in [0.29, 0.717) is 18.0 Å². The third-order valence-corrected chi connectivity index (χ3v) is 3.19. The molecule has 0 fully saturated rings. The van der Waals surface area contributed by atoms with Gasteiger partial charge in [-0.25, -0.2) is 0 Å². The molecule has 0 saturated heterocycles. The highest BCUT2D eigenvalue weighted by atomic mass is 35.5. The van der Waals surface area contributed by atoms with E-state index in [1.54, 1.807) is 31.4 Å². The summed E-state index contributed by atoms with van der Waals surface area (Å²) in [6.45, 7) is 4.53. The highest BCUT2D eigenvalue weighted by molar-refractivity contribution is 6.21. The zero-order valence-corrected chi connectivity index (χ0v) is 11.1. The van der Waals surface area contributed by atoms with Crippen LogP contribution >= 0.6 is 11.6 Å². The molecule has 0 aromatic heterocycles. The summed E-state index contributed by atoms with van der Waals surface area (Å²) < 4.78 is 5.03. The molecule has 1 amide bonds. The Morgan fingerprint density at radius 2 is 1.94 bits per heavy atom. The number of halogens is 1. The van der Waals surface area contributed by atoms with Crippen molar-refractivity contribution in [2.45, 2.75) is 19.2 Å². The molecule has 1 unspecified atom stereocenters. The summed E-state index contributed by atoms with van der Waals surface area (Å²) in [5.41, 5.74) is 0.610. The van der Waals surface area contributed by atoms with Crippen molar-refractivity contribution in [3.05, 3.63) is 29.8 Å². The van der Waals surface area contributed by atoms with E-state index >= 15 is 0 Å². The highest BCUT2D eigenvalue weighted by Crippen LogP contribution is 2.12. The topological polar surface area (TPSA) is 38.3 Å². The molecule has 17 heavy (non-hydrogen) atoms. The molecule has 0 heterocycles. The number of benzene rings is 1. The van der Waals surface area contributed by atoms with Gasteiger partial charge in [0.2, 0.25) is 0 Å². The van der Waals surface area contributed by atoms with Crippen LogP contribution in [0.1, 0.15) is 24.2 Å². The summed E-state index contributed by atoms with van der Waals surface area (Å²) in [5, 5.41) is 2.76. The summed E-state index contributed by atoms with van der Waals surface area (Å²) >= 11 is 6.06. The molecule has 1 atom stereocenters. The first-order valence-electron chi connectivity index (χ1n) is 5.61. The first kappa shape index (κ1) is 13.8. The van der Waals surface area contributed by atoms with Crippen LogP contribution in [-0.4, -0.2) is 24.9 Å². The van der Waals surface area contributed by atoms with Crippen molar-refractivity contribution in [3.8, 4) is 5.75 Å². The average Bonchev–Trinajstić information content (AvgIpc) is 2.35. The minimum Gasteiger partial charge on any atom is -0.497 e. The molecule has 0 saturated carbocycles. The van der Waals surface area contributed by atoms with Crippen LogP contribution in [0.25, 0.3) is 0 Å². The lowest BCUT2D eigenvalue weighted by molar-refractivity contribution is 0.0952. The number of methoxy groups -OCH3 is 1. The van der Waals surface area contributed by atoms with Crippen LogP contribution in [0.3, 0.4) is 0 Å². The number of nitrogens with one attached hydrogen (secondary N) is 1. The van der Waals surface area contributed by atoms with Crippen molar-refractivity contribution >= 4 is 17.5 Å². The average molecular weight is 256 g/mol. The van der Waals surface area contributed by atoms with E-state index in [2.05, 4.69) is 5.32 Å². The lowest BCUT2D eigenvalue weighted by atomic mass is 10.1. The maximum atomic E-state index is 11.8. The molecule has 0 radical (unpaired) electrons. The second-order valence-corrected chi connectivity index (χ2v) is 4.76. The number of carbonyl (C=O) groups is 1. The van der Waals surface area contributed by atoms with Crippen molar-refractivity contribution in [1.82, 2.24) is 5.32 Å². The monoisotopic (exact) mass is 255 g/mol. The normalized spacial score (nSPS) is 12.3. The third-order valence-electron chi connectivity index (χ3n) is 2.53. The number of rotatable bonds is 5. The van der Waals surface area contributed by atoms with E-state index in [1.807, 2.05) is 13.8 Å². The first-order valence-corrected chi connectivity index (χ1v) is 6.04. The summed E-state index contributed by atoms with van der Waals surface area (Å²) in [6.07, 6.45) is 0. The number of alkyl halides is 1. The molecule has 0 spiro atoms. The Hall–Kier alpha value is -1.22. The molecule has 0 aliphatic carbocycles. The van der Waals surface area contributed by atoms with Gasteiger partial charge in [0.1, 0.15) is 5.75 Å². The molecule has 3 nitrogen and oxygen atoms in total. The summed E-state index contributed by atoms with van der Waals surface area (Å²) in [5.74, 6) is 0.964. The second-order valence-electron chi connectivity index (χ2n) is 4.20. The fraction of sp³-hybridized carbons (Fsp3) is 0.462. The van der Waals surface area contributed by atoms with Crippen LogP contribution in [-0.2, 0) is 0 Å². The molecule has 1 rings (SSSR count). The van der Waals surface area contributed by atoms with Crippen LogP contribution in [0.2, 0.25) is 0 Å². The van der Waals surface area contributed by atoms with E-state index in [0.717, 1.165) is 5.75 Å². The minimum atomic E-state index is -0.112. The lowest BCUT2D eigenvalue weighted by Crippen LogP contribution is -2.31. The molecule has 1 aromatic carbocycles. The maximum absolute atomic E-state index is 11.8. The summed E-state index contributed by atoms with van der Waals surface area (Å²) in [4.78, 5) is 11.8. The largest absolute Gasteiger partial charge is 0.497 e. The Morgan fingerprint density at radius 3 is 2.41 bits per heavy atom. The quantitative estimate of drug-likeness (QED) is 0.822. The fourth-order valence-electron chi connectivity index (χ4n) is 1.27. The smallest absolute Gasteiger partial charge is 0.251 e. The summed E-state index contributed by atoms with van der Waals surface area (Å²) in [6, 6.07) is 6.98. The van der Waals surface area contributed by atoms with E-state index in [-0.39, 0.29) is 11.3 Å². The third kappa shape index (κ3) is 4.27. The van der Waals surface area contributed by atoms with Crippen molar-refractivity contribution in [3.63, 3.8) is 0 Å². The summed E-state index contributed by atoms with van der Waals surface area (Å²) in [7, 11) is 1.59. The Labute approximate surface area is 107 Å². The number of amides is 1. The van der Waals surface area contributed by atoms with Crippen LogP contribution in [0.5, 0.6) is 5.75 Å². The molecule has 1 N–H and O–H groups in total. The van der Waals surface area contributed by atoms with Gasteiger partial charge in [0.15, 0.2) is 0 Å². The number of carbonyl (C=O) groups excluding carboxylic acids is 1. The van der Waals surface area contributed by atoms with E-state index in [4.69, 9.17) is 16.3 Å². The molecule has 4 heteroatoms. The van der Waals surface area contributed by atoms with E-state index < -0.39 is 0 Å². The standard InChI is InChI=1S/C13H18ClNO2/c1-9(2)12(14)8-15-13(16)10-4-6-11(17-3)7-5-10/h4-7,9,12H,8H2,1-3H3,(H,15,16). The molecular weight excluding hydrogens is 238 g/mol. The number of ether oxygens (including phenoxy) is 1. The predicted molar refractivity (Wildman–Crippen MR) is 69.8 cm³/mol. The van der Waals surface area contributed by atoms with Gasteiger partial charge in [0.05, 0.1) is 12.5 Å². The van der Waals surface area contributed by atoms with Gasteiger partial charge in [0, 0.05) is 12.1 Å². The van der Waals surface area contributed by atoms with Crippen molar-refractivity contribution in [2.75, 3.05) is 13.7 Å². The Bertz CT molecular complexity index is 362. The minimum absolute atomic E-state index is 0.0443. The van der Waals surface area contributed by atoms with Gasteiger partial charge in [0.25, 0.3) is 5.91 Å². The Balaban J connectivity index is 2.52. The van der Waals surface area contributed by atoms with Crippen LogP contribution < -0.4 is 10.1 Å². The van der Waals surface area contributed by atoms with Gasteiger partial charge in [-0.2, -0.15) is 0 Å². The van der Waals surface area contributed by atoms with Gasteiger partial charge in [-0.05, 0) is 30.2 Å². The van der Waals surface area contributed by atoms with Crippen LogP contribution in [0, 0.1) is 5.92 Å². The van der Waals surface area contributed by atoms with E-state index in [1.165, 1.54) is 0 Å². The molecular formula is C13H18ClNO2. The molecule has 0 bridgehead atoms. The Morgan fingerprint density at radius 1 is 1.35 bits per heavy atom. The first-order chi connectivity index (χ1) is 8.04. The van der Waals surface area contributed by atoms with Gasteiger partial charge in [-0.3, -0.25) is 4.79 Å². The maximum Gasteiger partial charge on any atom is 0.251 e. The second kappa shape index (κ2) is 6.50. The van der Waals surface area contributed by atoms with Gasteiger partial charge in [-0.1, -0.05) is 13.8 Å². The van der Waals surface area contributed by atoms with Crippen molar-refractivity contribution in [2.24, 2.45) is 5.92 Å². The van der Waals surface area contributed by atoms with Gasteiger partial charge in [-0.15, -0.1) is 11.6 Å². The predicted octanol–water partition coefficient (Wildman–Crippen LogP) is 2.69. The zero-order valence-electron chi connectivity index (χ0n) is 10.4.